The molecule has 0 saturated heterocycles. The third kappa shape index (κ3) is 3.16. The average molecular weight is 338 g/mol. The number of carbonyl (C=O) groups is 1. The van der Waals surface area contributed by atoms with Crippen molar-refractivity contribution >= 4 is 22.8 Å². The summed E-state index contributed by atoms with van der Waals surface area (Å²) in [6, 6.07) is 11.8. The lowest BCUT2D eigenvalue weighted by Gasteiger charge is -2.14. The van der Waals surface area contributed by atoms with Gasteiger partial charge in [-0.1, -0.05) is 18.2 Å². The van der Waals surface area contributed by atoms with Crippen LogP contribution in [0.25, 0.3) is 10.9 Å². The molecule has 1 amide bonds. The number of aryl methyl sites for hydroxylation is 1. The van der Waals surface area contributed by atoms with Crippen LogP contribution in [0.2, 0.25) is 0 Å². The summed E-state index contributed by atoms with van der Waals surface area (Å²) in [4.78, 5) is 29.1. The van der Waals surface area contributed by atoms with Gasteiger partial charge in [-0.2, -0.15) is 0 Å². The van der Waals surface area contributed by atoms with Crippen molar-refractivity contribution in [3.05, 3.63) is 63.9 Å². The fourth-order valence-electron chi connectivity index (χ4n) is 2.57. The Kier molecular flexibility index (Phi) is 4.38. The maximum atomic E-state index is 12.5. The minimum absolute atomic E-state index is 0.112. The highest BCUT2D eigenvalue weighted by Gasteiger charge is 2.13. The summed E-state index contributed by atoms with van der Waals surface area (Å²) in [5, 5.41) is 10.4. The van der Waals surface area contributed by atoms with Crippen LogP contribution in [-0.4, -0.2) is 20.6 Å². The Bertz CT molecular complexity index is 1010. The Labute approximate surface area is 143 Å². The zero-order valence-corrected chi connectivity index (χ0v) is 13.9. The van der Waals surface area contributed by atoms with Crippen molar-refractivity contribution in [3.8, 4) is 5.75 Å². The molecule has 0 atom stereocenters. The number of anilines is 1. The first kappa shape index (κ1) is 16.5. The van der Waals surface area contributed by atoms with Gasteiger partial charge in [0.1, 0.15) is 5.75 Å². The number of rotatable bonds is 4. The molecule has 0 bridgehead atoms. The summed E-state index contributed by atoms with van der Waals surface area (Å²) < 4.78 is 1.43. The van der Waals surface area contributed by atoms with Gasteiger partial charge in [0.2, 0.25) is 5.95 Å². The van der Waals surface area contributed by atoms with Gasteiger partial charge in [-0.3, -0.25) is 25.0 Å². The maximum absolute atomic E-state index is 12.5. The highest BCUT2D eigenvalue weighted by Crippen LogP contribution is 2.18. The number of nitrogens with zero attached hydrogens (tertiary/aromatic N) is 2. The number of aromatic hydroxyl groups is 1. The van der Waals surface area contributed by atoms with Gasteiger partial charge in [-0.25, -0.2) is 4.98 Å². The molecule has 0 saturated carbocycles. The van der Waals surface area contributed by atoms with Gasteiger partial charge in [0.05, 0.1) is 16.5 Å². The fraction of sp³-hybridized carbons (Fsp3) is 0.167. The molecule has 1 aromatic heterocycles. The third-order valence-corrected chi connectivity index (χ3v) is 3.86. The summed E-state index contributed by atoms with van der Waals surface area (Å²) >= 11 is 0. The summed E-state index contributed by atoms with van der Waals surface area (Å²) in [6.45, 7) is 4.03. The highest BCUT2D eigenvalue weighted by molar-refractivity contribution is 5.97. The summed E-state index contributed by atoms with van der Waals surface area (Å²) in [5.41, 5.74) is 6.47. The van der Waals surface area contributed by atoms with E-state index < -0.39 is 5.91 Å². The number of fused-ring (bicyclic) bond motifs is 1. The summed E-state index contributed by atoms with van der Waals surface area (Å²) in [6.07, 6.45) is 0. The zero-order chi connectivity index (χ0) is 18.0. The van der Waals surface area contributed by atoms with E-state index in [4.69, 9.17) is 0 Å². The normalized spacial score (nSPS) is 10.6. The first-order valence-corrected chi connectivity index (χ1v) is 7.87. The molecule has 25 heavy (non-hydrogen) atoms. The quantitative estimate of drug-likeness (QED) is 0.634. The second-order valence-corrected chi connectivity index (χ2v) is 5.60. The number of hydrazine groups is 1. The molecule has 0 aliphatic heterocycles. The van der Waals surface area contributed by atoms with Crippen molar-refractivity contribution in [2.45, 2.75) is 20.4 Å². The second kappa shape index (κ2) is 6.64. The smallest absolute Gasteiger partial charge is 0.273 e. The lowest BCUT2D eigenvalue weighted by Crippen LogP contribution is -2.34. The van der Waals surface area contributed by atoms with E-state index in [2.05, 4.69) is 15.8 Å². The van der Waals surface area contributed by atoms with Crippen molar-refractivity contribution in [1.29, 1.82) is 0 Å². The molecular formula is C18H18N4O3. The Morgan fingerprint density at radius 2 is 2.00 bits per heavy atom. The third-order valence-electron chi connectivity index (χ3n) is 3.86. The SMILES string of the molecule is CCn1c(NNC(=O)c2ccc(C)cc2O)nc2ccccc2c1=O. The van der Waals surface area contributed by atoms with Crippen LogP contribution in [0.15, 0.2) is 47.3 Å². The van der Waals surface area contributed by atoms with E-state index in [0.29, 0.717) is 17.4 Å². The largest absolute Gasteiger partial charge is 0.507 e. The summed E-state index contributed by atoms with van der Waals surface area (Å²) in [5.74, 6) is -0.410. The second-order valence-electron chi connectivity index (χ2n) is 5.60. The van der Waals surface area contributed by atoms with E-state index in [1.54, 1.807) is 30.3 Å². The number of nitrogens with one attached hydrogen (secondary N) is 2. The molecule has 1 heterocycles. The van der Waals surface area contributed by atoms with Gasteiger partial charge < -0.3 is 5.11 Å². The molecule has 7 nitrogen and oxygen atoms in total. The van der Waals surface area contributed by atoms with Crippen molar-refractivity contribution in [2.75, 3.05) is 5.43 Å². The first-order chi connectivity index (χ1) is 12.0. The van der Waals surface area contributed by atoms with Gasteiger partial charge in [-0.15, -0.1) is 0 Å². The van der Waals surface area contributed by atoms with Crippen molar-refractivity contribution in [2.24, 2.45) is 0 Å². The molecule has 0 unspecified atom stereocenters. The van der Waals surface area contributed by atoms with Gasteiger partial charge in [0.25, 0.3) is 11.5 Å². The number of hydrogen-bond donors (Lipinski definition) is 3. The van der Waals surface area contributed by atoms with E-state index >= 15 is 0 Å². The minimum atomic E-state index is -0.525. The molecule has 0 aliphatic rings. The Morgan fingerprint density at radius 1 is 1.24 bits per heavy atom. The van der Waals surface area contributed by atoms with Crippen molar-refractivity contribution < 1.29 is 9.90 Å². The van der Waals surface area contributed by atoms with Crippen LogP contribution in [0.1, 0.15) is 22.8 Å². The first-order valence-electron chi connectivity index (χ1n) is 7.87. The monoisotopic (exact) mass is 338 g/mol. The standard InChI is InChI=1S/C18H18N4O3/c1-3-22-17(25)12-6-4-5-7-14(12)19-18(22)21-20-16(24)13-9-8-11(2)10-15(13)23/h4-10,23H,3H2,1-2H3,(H,19,21)(H,20,24). The number of hydrogen-bond acceptors (Lipinski definition) is 5. The minimum Gasteiger partial charge on any atom is -0.507 e. The van der Waals surface area contributed by atoms with Crippen LogP contribution in [0.4, 0.5) is 5.95 Å². The molecule has 128 valence electrons. The molecule has 0 fully saturated rings. The molecule has 3 aromatic rings. The molecule has 3 N–H and O–H groups in total. The van der Waals surface area contributed by atoms with Crippen LogP contribution >= 0.6 is 0 Å². The molecule has 2 aromatic carbocycles. The number of para-hydroxylation sites is 1. The highest BCUT2D eigenvalue weighted by atomic mass is 16.3. The van der Waals surface area contributed by atoms with E-state index in [1.165, 1.54) is 16.7 Å². The zero-order valence-electron chi connectivity index (χ0n) is 13.9. The lowest BCUT2D eigenvalue weighted by molar-refractivity contribution is 0.0959. The number of phenols is 1. The van der Waals surface area contributed by atoms with Crippen LogP contribution in [0, 0.1) is 6.92 Å². The predicted octanol–water partition coefficient (Wildman–Crippen LogP) is 2.19. The van der Waals surface area contributed by atoms with Gasteiger partial charge in [-0.05, 0) is 43.7 Å². The topological polar surface area (TPSA) is 96.2 Å². The van der Waals surface area contributed by atoms with Gasteiger partial charge in [0, 0.05) is 6.54 Å². The Hall–Kier alpha value is -3.35. The van der Waals surface area contributed by atoms with E-state index in [1.807, 2.05) is 13.8 Å². The molecule has 0 radical (unpaired) electrons. The van der Waals surface area contributed by atoms with Crippen LogP contribution in [0.3, 0.4) is 0 Å². The lowest BCUT2D eigenvalue weighted by atomic mass is 10.1. The van der Waals surface area contributed by atoms with Crippen LogP contribution in [0.5, 0.6) is 5.75 Å². The maximum Gasteiger partial charge on any atom is 0.273 e. The van der Waals surface area contributed by atoms with Crippen LogP contribution < -0.4 is 16.4 Å². The van der Waals surface area contributed by atoms with E-state index in [0.717, 1.165) is 5.56 Å². The fourth-order valence-corrected chi connectivity index (χ4v) is 2.57. The van der Waals surface area contributed by atoms with E-state index in [-0.39, 0.29) is 22.8 Å². The number of amides is 1. The number of phenolic OH excluding ortho intramolecular Hbond substituents is 1. The van der Waals surface area contributed by atoms with Gasteiger partial charge in [0.15, 0.2) is 0 Å². The number of carbonyl (C=O) groups excluding carboxylic acids is 1. The Balaban J connectivity index is 1.90. The predicted molar refractivity (Wildman–Crippen MR) is 95.6 cm³/mol. The van der Waals surface area contributed by atoms with Crippen molar-refractivity contribution in [3.63, 3.8) is 0 Å². The van der Waals surface area contributed by atoms with E-state index in [9.17, 15) is 14.7 Å². The molecule has 0 spiro atoms. The average Bonchev–Trinajstić information content (AvgIpc) is 2.60. The molecule has 3 rings (SSSR count). The molecule has 0 aliphatic carbocycles. The van der Waals surface area contributed by atoms with Crippen molar-refractivity contribution in [1.82, 2.24) is 15.0 Å². The summed E-state index contributed by atoms with van der Waals surface area (Å²) in [7, 11) is 0. The van der Waals surface area contributed by atoms with Crippen LogP contribution in [-0.2, 0) is 6.54 Å². The number of benzene rings is 2. The Morgan fingerprint density at radius 3 is 2.72 bits per heavy atom. The van der Waals surface area contributed by atoms with Gasteiger partial charge >= 0.3 is 0 Å². The number of aromatic nitrogens is 2. The molecular weight excluding hydrogens is 320 g/mol. The molecule has 7 heteroatoms.